The maximum atomic E-state index is 13.1. The lowest BCUT2D eigenvalue weighted by Crippen LogP contribution is -2.41. The van der Waals surface area contributed by atoms with Crippen LogP contribution < -0.4 is 10.7 Å². The third-order valence-corrected chi connectivity index (χ3v) is 5.74. The molecule has 1 amide bonds. The van der Waals surface area contributed by atoms with Gasteiger partial charge in [0.25, 0.3) is 0 Å². The Morgan fingerprint density at radius 1 is 1.19 bits per heavy atom. The number of benzene rings is 2. The number of aryl methyl sites for hydroxylation is 2. The van der Waals surface area contributed by atoms with E-state index in [4.69, 9.17) is 0 Å². The lowest BCUT2D eigenvalue weighted by molar-refractivity contribution is -0.116. The number of carbonyl (C=O) groups excluding carboxylic acids is 1. The van der Waals surface area contributed by atoms with Gasteiger partial charge in [0, 0.05) is 12.1 Å². The minimum absolute atomic E-state index is 0.0562. The average molecular weight is 379 g/mol. The van der Waals surface area contributed by atoms with Crippen molar-refractivity contribution in [2.45, 2.75) is 36.7 Å². The third-order valence-electron chi connectivity index (χ3n) is 4.52. The van der Waals surface area contributed by atoms with Crippen molar-refractivity contribution in [1.82, 2.24) is 14.9 Å². The number of hydrogen-bond acceptors (Lipinski definition) is 5. The van der Waals surface area contributed by atoms with E-state index in [-0.39, 0.29) is 17.2 Å². The molecule has 7 heteroatoms. The third kappa shape index (κ3) is 3.55. The standard InChI is InChI=1S/C20H21N5OS/c1-3-16-22-23-20-25(16)24-17(14-9-5-4-6-10-14)18(27-20)19(26)21-15-11-7-8-13(2)12-15/h4-12,17-18,24H,3H2,1-2H3,(H,21,26). The Hall–Kier alpha value is -2.80. The Labute approximate surface area is 162 Å². The topological polar surface area (TPSA) is 71.8 Å². The van der Waals surface area contributed by atoms with Crippen LogP contribution in [0.5, 0.6) is 0 Å². The van der Waals surface area contributed by atoms with Crippen LogP contribution >= 0.6 is 11.8 Å². The van der Waals surface area contributed by atoms with Gasteiger partial charge in [-0.05, 0) is 30.2 Å². The van der Waals surface area contributed by atoms with E-state index >= 15 is 0 Å². The van der Waals surface area contributed by atoms with E-state index in [0.29, 0.717) is 5.16 Å². The molecule has 0 aliphatic carbocycles. The highest BCUT2D eigenvalue weighted by atomic mass is 32.2. The van der Waals surface area contributed by atoms with E-state index in [2.05, 4.69) is 20.9 Å². The highest BCUT2D eigenvalue weighted by molar-refractivity contribution is 8.00. The summed E-state index contributed by atoms with van der Waals surface area (Å²) in [7, 11) is 0. The second-order valence-electron chi connectivity index (χ2n) is 6.50. The van der Waals surface area contributed by atoms with Crippen molar-refractivity contribution < 1.29 is 4.79 Å². The Kier molecular flexibility index (Phi) is 4.85. The largest absolute Gasteiger partial charge is 0.325 e. The number of nitrogens with one attached hydrogen (secondary N) is 2. The first-order valence-corrected chi connectivity index (χ1v) is 9.83. The minimum atomic E-state index is -0.366. The van der Waals surface area contributed by atoms with Crippen LogP contribution in [0.3, 0.4) is 0 Å². The van der Waals surface area contributed by atoms with Gasteiger partial charge in [-0.25, -0.2) is 4.68 Å². The summed E-state index contributed by atoms with van der Waals surface area (Å²) in [4.78, 5) is 13.1. The molecule has 2 heterocycles. The van der Waals surface area contributed by atoms with E-state index < -0.39 is 0 Å². The molecule has 0 bridgehead atoms. The highest BCUT2D eigenvalue weighted by Gasteiger charge is 2.37. The fourth-order valence-corrected chi connectivity index (χ4v) is 4.27. The van der Waals surface area contributed by atoms with Gasteiger partial charge in [0.15, 0.2) is 5.82 Å². The van der Waals surface area contributed by atoms with E-state index in [1.807, 2.05) is 73.1 Å². The molecule has 1 aliphatic rings. The van der Waals surface area contributed by atoms with Gasteiger partial charge in [0.2, 0.25) is 11.1 Å². The molecule has 2 aromatic carbocycles. The van der Waals surface area contributed by atoms with Crippen LogP contribution in [-0.4, -0.2) is 26.0 Å². The Morgan fingerprint density at radius 2 is 2.00 bits per heavy atom. The van der Waals surface area contributed by atoms with Crippen molar-refractivity contribution in [2.24, 2.45) is 0 Å². The number of nitrogens with zero attached hydrogens (tertiary/aromatic N) is 3. The molecule has 0 saturated heterocycles. The number of carbonyl (C=O) groups is 1. The maximum Gasteiger partial charge on any atom is 0.240 e. The zero-order valence-electron chi connectivity index (χ0n) is 15.2. The van der Waals surface area contributed by atoms with E-state index in [0.717, 1.165) is 29.1 Å². The lowest BCUT2D eigenvalue weighted by Gasteiger charge is -2.33. The van der Waals surface area contributed by atoms with Gasteiger partial charge in [-0.3, -0.25) is 4.79 Å². The van der Waals surface area contributed by atoms with Gasteiger partial charge in [-0.15, -0.1) is 10.2 Å². The minimum Gasteiger partial charge on any atom is -0.325 e. The van der Waals surface area contributed by atoms with Crippen molar-refractivity contribution >= 4 is 23.4 Å². The van der Waals surface area contributed by atoms with Gasteiger partial charge in [-0.2, -0.15) is 0 Å². The van der Waals surface area contributed by atoms with Crippen molar-refractivity contribution in [2.75, 3.05) is 10.7 Å². The number of rotatable bonds is 4. The zero-order chi connectivity index (χ0) is 18.8. The summed E-state index contributed by atoms with van der Waals surface area (Å²) >= 11 is 1.44. The Morgan fingerprint density at radius 3 is 2.74 bits per heavy atom. The molecule has 1 aromatic heterocycles. The molecule has 27 heavy (non-hydrogen) atoms. The quantitative estimate of drug-likeness (QED) is 0.725. The normalized spacial score (nSPS) is 18.4. The zero-order valence-corrected chi connectivity index (χ0v) is 16.0. The first-order chi connectivity index (χ1) is 13.2. The maximum absolute atomic E-state index is 13.1. The number of thioether (sulfide) groups is 1. The summed E-state index contributed by atoms with van der Waals surface area (Å²) in [5, 5.41) is 11.9. The average Bonchev–Trinajstić information content (AvgIpc) is 3.10. The number of hydrogen-bond donors (Lipinski definition) is 2. The first kappa shape index (κ1) is 17.6. The van der Waals surface area contributed by atoms with Crippen LogP contribution in [0.2, 0.25) is 0 Å². The second kappa shape index (κ2) is 7.44. The molecule has 0 radical (unpaired) electrons. The van der Waals surface area contributed by atoms with Gasteiger partial charge < -0.3 is 10.7 Å². The van der Waals surface area contributed by atoms with Gasteiger partial charge >= 0.3 is 0 Å². The van der Waals surface area contributed by atoms with Crippen molar-refractivity contribution in [3.05, 3.63) is 71.5 Å². The second-order valence-corrected chi connectivity index (χ2v) is 7.61. The molecule has 3 aromatic rings. The summed E-state index contributed by atoms with van der Waals surface area (Å²) in [5.41, 5.74) is 6.41. The van der Waals surface area contributed by atoms with Crippen molar-refractivity contribution in [3.8, 4) is 0 Å². The van der Waals surface area contributed by atoms with Crippen LogP contribution in [0.15, 0.2) is 59.8 Å². The molecule has 6 nitrogen and oxygen atoms in total. The molecule has 2 N–H and O–H groups in total. The fraction of sp³-hybridized carbons (Fsp3) is 0.250. The summed E-state index contributed by atoms with van der Waals surface area (Å²) in [6.07, 6.45) is 0.766. The number of amides is 1. The Balaban J connectivity index is 1.66. The lowest BCUT2D eigenvalue weighted by atomic mass is 10.0. The SMILES string of the molecule is CCc1nnc2n1NC(c1ccccc1)C(C(=O)Nc1cccc(C)c1)S2. The summed E-state index contributed by atoms with van der Waals surface area (Å²) in [6, 6.07) is 17.6. The van der Waals surface area contributed by atoms with Crippen LogP contribution in [0.4, 0.5) is 5.69 Å². The van der Waals surface area contributed by atoms with Gasteiger partial charge in [0.05, 0.1) is 6.04 Å². The molecule has 138 valence electrons. The first-order valence-electron chi connectivity index (χ1n) is 8.95. The molecular weight excluding hydrogens is 358 g/mol. The van der Waals surface area contributed by atoms with Crippen LogP contribution in [0.1, 0.15) is 29.9 Å². The highest BCUT2D eigenvalue weighted by Crippen LogP contribution is 2.37. The van der Waals surface area contributed by atoms with E-state index in [1.54, 1.807) is 0 Å². The summed E-state index contributed by atoms with van der Waals surface area (Å²) in [6.45, 7) is 4.05. The fourth-order valence-electron chi connectivity index (χ4n) is 3.17. The predicted molar refractivity (Wildman–Crippen MR) is 107 cm³/mol. The monoisotopic (exact) mass is 379 g/mol. The molecule has 2 atom stereocenters. The molecule has 4 rings (SSSR count). The van der Waals surface area contributed by atoms with E-state index in [9.17, 15) is 4.79 Å². The predicted octanol–water partition coefficient (Wildman–Crippen LogP) is 3.55. The number of aromatic nitrogens is 3. The summed E-state index contributed by atoms with van der Waals surface area (Å²) in [5.74, 6) is 0.801. The molecular formula is C20H21N5OS. The van der Waals surface area contributed by atoms with Crippen LogP contribution in [0, 0.1) is 6.92 Å². The summed E-state index contributed by atoms with van der Waals surface area (Å²) < 4.78 is 1.90. The van der Waals surface area contributed by atoms with Crippen molar-refractivity contribution in [1.29, 1.82) is 0 Å². The number of anilines is 1. The van der Waals surface area contributed by atoms with Crippen molar-refractivity contribution in [3.63, 3.8) is 0 Å². The molecule has 0 saturated carbocycles. The van der Waals surface area contributed by atoms with Crippen LogP contribution in [-0.2, 0) is 11.2 Å². The molecule has 0 spiro atoms. The van der Waals surface area contributed by atoms with Gasteiger partial charge in [0.1, 0.15) is 5.25 Å². The van der Waals surface area contributed by atoms with E-state index in [1.165, 1.54) is 11.8 Å². The molecule has 2 unspecified atom stereocenters. The van der Waals surface area contributed by atoms with Crippen LogP contribution in [0.25, 0.3) is 0 Å². The van der Waals surface area contributed by atoms with Gasteiger partial charge in [-0.1, -0.05) is 61.2 Å². The smallest absolute Gasteiger partial charge is 0.240 e. The molecule has 1 aliphatic heterocycles. The Bertz CT molecular complexity index is 956. The molecule has 0 fully saturated rings. The number of fused-ring (bicyclic) bond motifs is 1.